The summed E-state index contributed by atoms with van der Waals surface area (Å²) in [6.07, 6.45) is 4.12. The molecule has 4 heteroatoms. The zero-order valence-corrected chi connectivity index (χ0v) is 11.1. The Morgan fingerprint density at radius 2 is 2.05 bits per heavy atom. The van der Waals surface area contributed by atoms with Gasteiger partial charge in [0.05, 0.1) is 6.10 Å². The second-order valence-corrected chi connectivity index (χ2v) is 5.26. The number of hydrogen-bond acceptors (Lipinski definition) is 3. The fraction of sp³-hybridized carbons (Fsp3) is 0.533. The Kier molecular flexibility index (Phi) is 4.93. The molecule has 4 nitrogen and oxygen atoms in total. The van der Waals surface area contributed by atoms with Gasteiger partial charge in [0.1, 0.15) is 0 Å². The first-order valence-corrected chi connectivity index (χ1v) is 6.95. The quantitative estimate of drug-likeness (QED) is 0.751. The standard InChI is InChI=1S/C15H22N2O2/c16-15(19)13-7-3-1-5-11(13)9-17-10-12-6-2-4-8-14(12)18/h1,3,5,7,12,14,17-18H,2,4,6,8-10H2,(H2,16,19). The maximum Gasteiger partial charge on any atom is 0.249 e. The minimum Gasteiger partial charge on any atom is -0.393 e. The summed E-state index contributed by atoms with van der Waals surface area (Å²) in [5.41, 5.74) is 6.83. The van der Waals surface area contributed by atoms with Gasteiger partial charge in [-0.1, -0.05) is 31.0 Å². The van der Waals surface area contributed by atoms with Gasteiger partial charge in [0, 0.05) is 18.7 Å². The van der Waals surface area contributed by atoms with Crippen LogP contribution in [0.4, 0.5) is 0 Å². The summed E-state index contributed by atoms with van der Waals surface area (Å²) >= 11 is 0. The topological polar surface area (TPSA) is 75.4 Å². The van der Waals surface area contributed by atoms with Gasteiger partial charge in [0.15, 0.2) is 0 Å². The molecular weight excluding hydrogens is 240 g/mol. The van der Waals surface area contributed by atoms with Gasteiger partial charge in [0.25, 0.3) is 0 Å². The second-order valence-electron chi connectivity index (χ2n) is 5.26. The highest BCUT2D eigenvalue weighted by Gasteiger charge is 2.22. The van der Waals surface area contributed by atoms with Crippen LogP contribution >= 0.6 is 0 Å². The van der Waals surface area contributed by atoms with Gasteiger partial charge in [-0.3, -0.25) is 4.79 Å². The fourth-order valence-corrected chi connectivity index (χ4v) is 2.73. The molecule has 19 heavy (non-hydrogen) atoms. The van der Waals surface area contributed by atoms with E-state index in [9.17, 15) is 9.90 Å². The normalized spacial score (nSPS) is 23.2. The van der Waals surface area contributed by atoms with E-state index in [0.29, 0.717) is 18.0 Å². The number of hydrogen-bond donors (Lipinski definition) is 3. The number of carbonyl (C=O) groups excluding carboxylic acids is 1. The minimum atomic E-state index is -0.393. The van der Waals surface area contributed by atoms with Gasteiger partial charge in [0.2, 0.25) is 5.91 Å². The molecule has 2 rings (SSSR count). The largest absolute Gasteiger partial charge is 0.393 e. The molecule has 0 aromatic heterocycles. The molecule has 1 amide bonds. The van der Waals surface area contributed by atoms with Crippen molar-refractivity contribution in [1.29, 1.82) is 0 Å². The number of rotatable bonds is 5. The lowest BCUT2D eigenvalue weighted by Gasteiger charge is -2.27. The van der Waals surface area contributed by atoms with Crippen molar-refractivity contribution in [2.45, 2.75) is 38.3 Å². The van der Waals surface area contributed by atoms with Gasteiger partial charge >= 0.3 is 0 Å². The predicted molar refractivity (Wildman–Crippen MR) is 74.6 cm³/mol. The lowest BCUT2D eigenvalue weighted by molar-refractivity contribution is 0.0694. The van der Waals surface area contributed by atoms with Gasteiger partial charge in [-0.25, -0.2) is 0 Å². The van der Waals surface area contributed by atoms with Crippen LogP contribution in [0.1, 0.15) is 41.6 Å². The summed E-state index contributed by atoms with van der Waals surface area (Å²) in [4.78, 5) is 11.3. The van der Waals surface area contributed by atoms with E-state index in [-0.39, 0.29) is 6.10 Å². The highest BCUT2D eigenvalue weighted by Crippen LogP contribution is 2.23. The first-order valence-electron chi connectivity index (χ1n) is 6.95. The first kappa shape index (κ1) is 14.0. The van der Waals surface area contributed by atoms with Gasteiger partial charge < -0.3 is 16.2 Å². The van der Waals surface area contributed by atoms with E-state index >= 15 is 0 Å². The average Bonchev–Trinajstić information content (AvgIpc) is 2.41. The smallest absolute Gasteiger partial charge is 0.249 e. The van der Waals surface area contributed by atoms with Crippen LogP contribution in [-0.2, 0) is 6.54 Å². The molecule has 104 valence electrons. The lowest BCUT2D eigenvalue weighted by atomic mass is 9.86. The van der Waals surface area contributed by atoms with E-state index in [4.69, 9.17) is 5.73 Å². The fourth-order valence-electron chi connectivity index (χ4n) is 2.73. The van der Waals surface area contributed by atoms with Crippen molar-refractivity contribution in [2.24, 2.45) is 11.7 Å². The molecule has 2 atom stereocenters. The summed E-state index contributed by atoms with van der Waals surface area (Å²) in [5, 5.41) is 13.2. The number of aliphatic hydroxyl groups excluding tert-OH is 1. The Morgan fingerprint density at radius 1 is 1.32 bits per heavy atom. The summed E-state index contributed by atoms with van der Waals surface area (Å²) in [5.74, 6) is -0.0652. The Morgan fingerprint density at radius 3 is 2.79 bits per heavy atom. The van der Waals surface area contributed by atoms with Crippen LogP contribution in [0, 0.1) is 5.92 Å². The number of primary amides is 1. The van der Waals surface area contributed by atoms with Crippen LogP contribution in [0.25, 0.3) is 0 Å². The molecule has 1 aromatic rings. The molecule has 0 aliphatic heterocycles. The number of nitrogens with two attached hydrogens (primary N) is 1. The molecule has 1 aliphatic rings. The Bertz CT molecular complexity index is 434. The number of amides is 1. The van der Waals surface area contributed by atoms with Crippen LogP contribution in [-0.4, -0.2) is 23.7 Å². The van der Waals surface area contributed by atoms with Crippen molar-refractivity contribution < 1.29 is 9.90 Å². The highest BCUT2D eigenvalue weighted by molar-refractivity contribution is 5.94. The number of aliphatic hydroxyl groups is 1. The first-order chi connectivity index (χ1) is 9.18. The zero-order valence-electron chi connectivity index (χ0n) is 11.1. The minimum absolute atomic E-state index is 0.187. The number of benzene rings is 1. The molecule has 0 saturated heterocycles. The van der Waals surface area contributed by atoms with Crippen molar-refractivity contribution in [3.8, 4) is 0 Å². The van der Waals surface area contributed by atoms with Gasteiger partial charge in [-0.2, -0.15) is 0 Å². The summed E-state index contributed by atoms with van der Waals surface area (Å²) < 4.78 is 0. The van der Waals surface area contributed by atoms with Crippen molar-refractivity contribution in [3.05, 3.63) is 35.4 Å². The van der Waals surface area contributed by atoms with Crippen LogP contribution in [0.3, 0.4) is 0 Å². The highest BCUT2D eigenvalue weighted by atomic mass is 16.3. The zero-order chi connectivity index (χ0) is 13.7. The van der Waals surface area contributed by atoms with Crippen LogP contribution < -0.4 is 11.1 Å². The number of carbonyl (C=O) groups is 1. The third kappa shape index (κ3) is 3.78. The molecule has 0 radical (unpaired) electrons. The Labute approximate surface area is 114 Å². The average molecular weight is 262 g/mol. The molecule has 1 saturated carbocycles. The summed E-state index contributed by atoms with van der Waals surface area (Å²) in [6.45, 7) is 1.40. The molecule has 0 spiro atoms. The summed E-state index contributed by atoms with van der Waals surface area (Å²) in [6, 6.07) is 7.37. The molecule has 1 aliphatic carbocycles. The SMILES string of the molecule is NC(=O)c1ccccc1CNCC1CCCCC1O. The van der Waals surface area contributed by atoms with E-state index in [2.05, 4.69) is 5.32 Å². The second kappa shape index (κ2) is 6.68. The Hall–Kier alpha value is -1.39. The predicted octanol–water partition coefficient (Wildman–Crippen LogP) is 1.43. The molecule has 2 unspecified atom stereocenters. The van der Waals surface area contributed by atoms with Crippen molar-refractivity contribution in [2.75, 3.05) is 6.54 Å². The van der Waals surface area contributed by atoms with Gasteiger partial charge in [-0.15, -0.1) is 0 Å². The van der Waals surface area contributed by atoms with E-state index < -0.39 is 5.91 Å². The maximum absolute atomic E-state index is 11.3. The monoisotopic (exact) mass is 262 g/mol. The number of nitrogens with one attached hydrogen (secondary N) is 1. The summed E-state index contributed by atoms with van der Waals surface area (Å²) in [7, 11) is 0. The van der Waals surface area contributed by atoms with Crippen molar-refractivity contribution >= 4 is 5.91 Å². The maximum atomic E-state index is 11.3. The van der Waals surface area contributed by atoms with Crippen LogP contribution in [0.5, 0.6) is 0 Å². The van der Waals surface area contributed by atoms with Crippen molar-refractivity contribution in [1.82, 2.24) is 5.32 Å². The van der Waals surface area contributed by atoms with Crippen LogP contribution in [0.15, 0.2) is 24.3 Å². The molecule has 4 N–H and O–H groups in total. The lowest BCUT2D eigenvalue weighted by Crippen LogP contribution is -2.33. The van der Waals surface area contributed by atoms with E-state index in [0.717, 1.165) is 31.4 Å². The van der Waals surface area contributed by atoms with E-state index in [1.165, 1.54) is 6.42 Å². The van der Waals surface area contributed by atoms with Gasteiger partial charge in [-0.05, 0) is 30.4 Å². The van der Waals surface area contributed by atoms with Crippen molar-refractivity contribution in [3.63, 3.8) is 0 Å². The third-order valence-corrected chi connectivity index (χ3v) is 3.87. The Balaban J connectivity index is 1.87. The molecule has 0 heterocycles. The molecule has 0 bridgehead atoms. The van der Waals surface area contributed by atoms with Crippen LogP contribution in [0.2, 0.25) is 0 Å². The third-order valence-electron chi connectivity index (χ3n) is 3.87. The molecule has 1 fully saturated rings. The molecular formula is C15H22N2O2. The van der Waals surface area contributed by atoms with E-state index in [1.54, 1.807) is 6.07 Å². The van der Waals surface area contributed by atoms with E-state index in [1.807, 2.05) is 18.2 Å². The molecule has 1 aromatic carbocycles.